The van der Waals surface area contributed by atoms with E-state index in [0.717, 1.165) is 12.2 Å². The van der Waals surface area contributed by atoms with E-state index in [9.17, 15) is 4.39 Å². The Balaban J connectivity index is 2.24. The molecule has 0 aromatic heterocycles. The third-order valence-corrected chi connectivity index (χ3v) is 3.62. The average molecular weight is 294 g/mol. The topological polar surface area (TPSA) is 23.5 Å². The van der Waals surface area contributed by atoms with E-state index < -0.39 is 0 Å². The number of anilines is 1. The Morgan fingerprint density at radius 3 is 2.50 bits per heavy atom. The van der Waals surface area contributed by atoms with Crippen LogP contribution in [0.25, 0.3) is 0 Å². The molecule has 2 aromatic rings. The first kappa shape index (κ1) is 14.8. The predicted octanol–water partition coefficient (Wildman–Crippen LogP) is 4.00. The van der Waals surface area contributed by atoms with Gasteiger partial charge >= 0.3 is 0 Å². The number of hydrogen-bond acceptors (Lipinski definition) is 2. The van der Waals surface area contributed by atoms with Gasteiger partial charge in [0.15, 0.2) is 0 Å². The van der Waals surface area contributed by atoms with Crippen molar-refractivity contribution < 1.29 is 9.50 Å². The minimum atomic E-state index is -0.205. The molecule has 0 radical (unpaired) electrons. The molecule has 0 fully saturated rings. The van der Waals surface area contributed by atoms with Crippen molar-refractivity contribution in [3.63, 3.8) is 0 Å². The molecule has 0 aliphatic rings. The molecule has 4 heteroatoms. The number of rotatable bonds is 5. The highest BCUT2D eigenvalue weighted by molar-refractivity contribution is 6.31. The minimum Gasteiger partial charge on any atom is -0.392 e. The molecule has 0 heterocycles. The molecule has 0 bridgehead atoms. The van der Waals surface area contributed by atoms with Crippen LogP contribution in [0.1, 0.15) is 18.1 Å². The summed E-state index contributed by atoms with van der Waals surface area (Å²) in [7, 11) is 0. The van der Waals surface area contributed by atoms with Crippen molar-refractivity contribution in [3.05, 3.63) is 64.4 Å². The summed E-state index contributed by atoms with van der Waals surface area (Å²) in [6.07, 6.45) is 0. The highest BCUT2D eigenvalue weighted by Crippen LogP contribution is 2.25. The summed E-state index contributed by atoms with van der Waals surface area (Å²) in [5.74, 6) is -0.205. The highest BCUT2D eigenvalue weighted by atomic mass is 35.5. The van der Waals surface area contributed by atoms with Gasteiger partial charge in [0.05, 0.1) is 6.61 Å². The molecule has 0 atom stereocenters. The molecule has 106 valence electrons. The molecule has 0 saturated carbocycles. The average Bonchev–Trinajstić information content (AvgIpc) is 2.46. The van der Waals surface area contributed by atoms with Gasteiger partial charge in [0.2, 0.25) is 0 Å². The Morgan fingerprint density at radius 1 is 1.15 bits per heavy atom. The van der Waals surface area contributed by atoms with Crippen LogP contribution in [-0.4, -0.2) is 11.7 Å². The summed E-state index contributed by atoms with van der Waals surface area (Å²) in [5.41, 5.74) is 2.26. The predicted molar refractivity (Wildman–Crippen MR) is 80.5 cm³/mol. The Labute approximate surface area is 123 Å². The molecule has 0 aliphatic carbocycles. The van der Waals surface area contributed by atoms with Crippen LogP contribution in [0.4, 0.5) is 10.1 Å². The zero-order chi connectivity index (χ0) is 14.5. The van der Waals surface area contributed by atoms with Gasteiger partial charge in [-0.25, -0.2) is 4.39 Å². The first-order valence-corrected chi connectivity index (χ1v) is 6.91. The summed E-state index contributed by atoms with van der Waals surface area (Å²) in [6, 6.07) is 12.2. The monoisotopic (exact) mass is 293 g/mol. The van der Waals surface area contributed by atoms with E-state index in [2.05, 4.69) is 0 Å². The van der Waals surface area contributed by atoms with Crippen LogP contribution in [0.5, 0.6) is 0 Å². The zero-order valence-corrected chi connectivity index (χ0v) is 12.1. The van der Waals surface area contributed by atoms with Crippen molar-refractivity contribution in [2.75, 3.05) is 11.4 Å². The molecule has 0 unspecified atom stereocenters. The number of aliphatic hydroxyl groups is 1. The largest absolute Gasteiger partial charge is 0.392 e. The zero-order valence-electron chi connectivity index (χ0n) is 11.3. The van der Waals surface area contributed by atoms with Crippen LogP contribution >= 0.6 is 11.6 Å². The van der Waals surface area contributed by atoms with Crippen molar-refractivity contribution in [1.82, 2.24) is 0 Å². The van der Waals surface area contributed by atoms with Gasteiger partial charge in [0.25, 0.3) is 0 Å². The number of aliphatic hydroxyl groups excluding tert-OH is 1. The summed E-state index contributed by atoms with van der Waals surface area (Å²) in [5, 5.41) is 9.65. The maximum Gasteiger partial charge on any atom is 0.128 e. The van der Waals surface area contributed by atoms with Gasteiger partial charge in [-0.15, -0.1) is 0 Å². The van der Waals surface area contributed by atoms with Crippen LogP contribution in [0.15, 0.2) is 42.5 Å². The van der Waals surface area contributed by atoms with Crippen LogP contribution in [-0.2, 0) is 13.2 Å². The van der Waals surface area contributed by atoms with Gasteiger partial charge in [-0.1, -0.05) is 35.9 Å². The summed E-state index contributed by atoms with van der Waals surface area (Å²) in [4.78, 5) is 2.03. The highest BCUT2D eigenvalue weighted by Gasteiger charge is 2.10. The fourth-order valence-corrected chi connectivity index (χ4v) is 2.31. The van der Waals surface area contributed by atoms with E-state index in [-0.39, 0.29) is 12.4 Å². The first-order chi connectivity index (χ1) is 9.65. The second-order valence-electron chi connectivity index (χ2n) is 4.54. The van der Waals surface area contributed by atoms with E-state index in [1.165, 1.54) is 6.07 Å². The summed E-state index contributed by atoms with van der Waals surface area (Å²) in [6.45, 7) is 3.15. The standard InChI is InChI=1S/C16H17ClFNO/c1-2-19(10-12-5-3-4-6-16(12)18)14-8-7-13(11-20)15(17)9-14/h3-9,20H,2,10-11H2,1H3. The molecule has 2 rings (SSSR count). The summed E-state index contributed by atoms with van der Waals surface area (Å²) < 4.78 is 13.7. The van der Waals surface area contributed by atoms with E-state index >= 15 is 0 Å². The number of benzene rings is 2. The molecule has 20 heavy (non-hydrogen) atoms. The molecule has 2 aromatic carbocycles. The van der Waals surface area contributed by atoms with Gasteiger partial charge in [-0.2, -0.15) is 0 Å². The fraction of sp³-hybridized carbons (Fsp3) is 0.250. The lowest BCUT2D eigenvalue weighted by atomic mass is 10.1. The van der Waals surface area contributed by atoms with Crippen LogP contribution < -0.4 is 4.90 Å². The minimum absolute atomic E-state index is 0.0848. The Bertz CT molecular complexity index is 588. The number of halogens is 2. The first-order valence-electron chi connectivity index (χ1n) is 6.53. The van der Waals surface area contributed by atoms with Crippen molar-refractivity contribution in [2.45, 2.75) is 20.1 Å². The second-order valence-corrected chi connectivity index (χ2v) is 4.95. The molecular weight excluding hydrogens is 277 g/mol. The molecule has 0 saturated heterocycles. The van der Waals surface area contributed by atoms with Crippen molar-refractivity contribution in [1.29, 1.82) is 0 Å². The number of hydrogen-bond donors (Lipinski definition) is 1. The van der Waals surface area contributed by atoms with E-state index in [0.29, 0.717) is 22.7 Å². The van der Waals surface area contributed by atoms with Crippen LogP contribution in [0.3, 0.4) is 0 Å². The lowest BCUT2D eigenvalue weighted by Gasteiger charge is -2.24. The van der Waals surface area contributed by atoms with E-state index in [1.807, 2.05) is 24.0 Å². The van der Waals surface area contributed by atoms with Gasteiger partial charge in [-0.3, -0.25) is 0 Å². The van der Waals surface area contributed by atoms with Crippen molar-refractivity contribution in [3.8, 4) is 0 Å². The van der Waals surface area contributed by atoms with Gasteiger partial charge in [0, 0.05) is 29.4 Å². The van der Waals surface area contributed by atoms with Crippen molar-refractivity contribution >= 4 is 17.3 Å². The molecule has 0 aliphatic heterocycles. The molecule has 2 nitrogen and oxygen atoms in total. The van der Waals surface area contributed by atoms with Crippen LogP contribution in [0.2, 0.25) is 5.02 Å². The second kappa shape index (κ2) is 6.73. The van der Waals surface area contributed by atoms with Gasteiger partial charge < -0.3 is 10.0 Å². The Hall–Kier alpha value is -1.58. The van der Waals surface area contributed by atoms with Gasteiger partial charge in [-0.05, 0) is 30.7 Å². The van der Waals surface area contributed by atoms with Crippen LogP contribution in [0, 0.1) is 5.82 Å². The van der Waals surface area contributed by atoms with Crippen molar-refractivity contribution in [2.24, 2.45) is 0 Å². The van der Waals surface area contributed by atoms with Gasteiger partial charge in [0.1, 0.15) is 5.82 Å². The maximum atomic E-state index is 13.7. The molecule has 0 spiro atoms. The smallest absolute Gasteiger partial charge is 0.128 e. The summed E-state index contributed by atoms with van der Waals surface area (Å²) >= 11 is 6.10. The third-order valence-electron chi connectivity index (χ3n) is 3.27. The number of nitrogens with zero attached hydrogens (tertiary/aromatic N) is 1. The Morgan fingerprint density at radius 2 is 1.90 bits per heavy atom. The lowest BCUT2D eigenvalue weighted by molar-refractivity contribution is 0.282. The normalized spacial score (nSPS) is 10.6. The van der Waals surface area contributed by atoms with E-state index in [4.69, 9.17) is 16.7 Å². The molecular formula is C16H17ClFNO. The quantitative estimate of drug-likeness (QED) is 0.901. The van der Waals surface area contributed by atoms with E-state index in [1.54, 1.807) is 24.3 Å². The third kappa shape index (κ3) is 3.30. The molecule has 0 amide bonds. The lowest BCUT2D eigenvalue weighted by Crippen LogP contribution is -2.22. The fourth-order valence-electron chi connectivity index (χ4n) is 2.08. The Kier molecular flexibility index (Phi) is 4.99. The SMILES string of the molecule is CCN(Cc1ccccc1F)c1ccc(CO)c(Cl)c1. The molecule has 1 N–H and O–H groups in total. The maximum absolute atomic E-state index is 13.7.